The zero-order chi connectivity index (χ0) is 23.8. The average molecular weight is 469 g/mol. The molecule has 0 spiro atoms. The van der Waals surface area contributed by atoms with E-state index >= 15 is 0 Å². The van der Waals surface area contributed by atoms with Gasteiger partial charge in [0.25, 0.3) is 15.9 Å². The third-order valence-corrected chi connectivity index (χ3v) is 7.58. The number of benzene rings is 2. The van der Waals surface area contributed by atoms with Crippen molar-refractivity contribution in [2.75, 3.05) is 18.0 Å². The molecule has 3 aromatic rings. The van der Waals surface area contributed by atoms with Gasteiger partial charge in [-0.3, -0.25) is 13.8 Å². The van der Waals surface area contributed by atoms with E-state index in [2.05, 4.69) is 10.4 Å². The number of nitrogens with one attached hydrogen (secondary N) is 1. The Bertz CT molecular complexity index is 1300. The largest absolute Gasteiger partial charge is 0.496 e. The number of hydrogen-bond acceptors (Lipinski definition) is 5. The first-order chi connectivity index (χ1) is 15.7. The minimum Gasteiger partial charge on any atom is -0.496 e. The Labute approximate surface area is 194 Å². The summed E-state index contributed by atoms with van der Waals surface area (Å²) in [5.74, 6) is -0.0914. The highest BCUT2D eigenvalue weighted by Crippen LogP contribution is 2.34. The van der Waals surface area contributed by atoms with Crippen LogP contribution in [-0.4, -0.2) is 43.8 Å². The molecule has 1 aliphatic heterocycles. The molecular weight excluding hydrogens is 440 g/mol. The van der Waals surface area contributed by atoms with Gasteiger partial charge in [0.15, 0.2) is 0 Å². The van der Waals surface area contributed by atoms with Gasteiger partial charge in [0.05, 0.1) is 35.5 Å². The van der Waals surface area contributed by atoms with Crippen molar-refractivity contribution in [3.8, 4) is 5.75 Å². The summed E-state index contributed by atoms with van der Waals surface area (Å²) in [4.78, 5) is 13.1. The number of ether oxygens (including phenoxy) is 1. The molecule has 0 saturated heterocycles. The maximum absolute atomic E-state index is 13.4. The smallest absolute Gasteiger partial charge is 0.264 e. The van der Waals surface area contributed by atoms with Gasteiger partial charge >= 0.3 is 0 Å². The summed E-state index contributed by atoms with van der Waals surface area (Å²) < 4.78 is 35.4. The predicted molar refractivity (Wildman–Crippen MR) is 126 cm³/mol. The van der Waals surface area contributed by atoms with Crippen molar-refractivity contribution < 1.29 is 17.9 Å². The molecule has 0 saturated carbocycles. The van der Waals surface area contributed by atoms with E-state index in [9.17, 15) is 13.2 Å². The van der Waals surface area contributed by atoms with E-state index in [4.69, 9.17) is 4.74 Å². The van der Waals surface area contributed by atoms with Crippen LogP contribution in [0.5, 0.6) is 5.75 Å². The first-order valence-corrected chi connectivity index (χ1v) is 12.3. The van der Waals surface area contributed by atoms with Crippen LogP contribution in [0, 0.1) is 13.8 Å². The van der Waals surface area contributed by atoms with Gasteiger partial charge in [0, 0.05) is 18.3 Å². The number of carbonyl (C=O) groups is 1. The highest BCUT2D eigenvalue weighted by molar-refractivity contribution is 7.92. The lowest BCUT2D eigenvalue weighted by atomic mass is 10.1. The minimum atomic E-state index is -3.83. The number of aromatic nitrogens is 2. The number of rotatable bonds is 7. The monoisotopic (exact) mass is 468 g/mol. The lowest BCUT2D eigenvalue weighted by molar-refractivity contribution is 0.0932. The van der Waals surface area contributed by atoms with Gasteiger partial charge in [-0.15, -0.1) is 0 Å². The molecule has 0 bridgehead atoms. The van der Waals surface area contributed by atoms with Crippen molar-refractivity contribution in [2.45, 2.75) is 44.7 Å². The second-order valence-corrected chi connectivity index (χ2v) is 10.2. The molecule has 2 heterocycles. The summed E-state index contributed by atoms with van der Waals surface area (Å²) in [6.07, 6.45) is 0.655. The molecule has 0 aliphatic carbocycles. The summed E-state index contributed by atoms with van der Waals surface area (Å²) in [6, 6.07) is 13.6. The summed E-state index contributed by atoms with van der Waals surface area (Å²) in [7, 11) is -2.37. The SMILES string of the molecule is COc1ccc(S(=O)(=O)N2CCc3ccccc32)cc1C(=O)N[C@H](C)Cn1nc(C)cc1C. The fourth-order valence-corrected chi connectivity index (χ4v) is 5.71. The first kappa shape index (κ1) is 22.8. The number of aryl methyl sites for hydroxylation is 2. The number of sulfonamides is 1. The van der Waals surface area contributed by atoms with Crippen LogP contribution >= 0.6 is 0 Å². The van der Waals surface area contributed by atoms with Gasteiger partial charge in [-0.2, -0.15) is 5.10 Å². The Balaban J connectivity index is 1.59. The minimum absolute atomic E-state index is 0.0522. The Morgan fingerprint density at radius 1 is 1.18 bits per heavy atom. The molecule has 0 radical (unpaired) electrons. The third-order valence-electron chi connectivity index (χ3n) is 5.78. The molecule has 4 rings (SSSR count). The van der Waals surface area contributed by atoms with E-state index in [0.717, 1.165) is 17.0 Å². The molecule has 8 nitrogen and oxygen atoms in total. The lowest BCUT2D eigenvalue weighted by Crippen LogP contribution is -2.36. The van der Waals surface area contributed by atoms with Crippen LogP contribution < -0.4 is 14.4 Å². The second kappa shape index (κ2) is 8.90. The van der Waals surface area contributed by atoms with Crippen molar-refractivity contribution in [3.05, 3.63) is 71.0 Å². The zero-order valence-corrected chi connectivity index (χ0v) is 20.0. The summed E-state index contributed by atoms with van der Waals surface area (Å²) in [5, 5.41) is 7.36. The van der Waals surface area contributed by atoms with Gasteiger partial charge < -0.3 is 10.1 Å². The molecule has 1 atom stereocenters. The number of amides is 1. The molecule has 33 heavy (non-hydrogen) atoms. The molecule has 1 N–H and O–H groups in total. The number of fused-ring (bicyclic) bond motifs is 1. The maximum Gasteiger partial charge on any atom is 0.264 e. The Hall–Kier alpha value is -3.33. The van der Waals surface area contributed by atoms with Crippen LogP contribution in [0.4, 0.5) is 5.69 Å². The van der Waals surface area contributed by atoms with Crippen LogP contribution in [0.2, 0.25) is 0 Å². The van der Waals surface area contributed by atoms with Gasteiger partial charge in [-0.1, -0.05) is 18.2 Å². The third kappa shape index (κ3) is 4.45. The number of methoxy groups -OCH3 is 1. The van der Waals surface area contributed by atoms with Crippen LogP contribution in [-0.2, 0) is 23.0 Å². The molecular formula is C24H28N4O4S. The standard InChI is InChI=1S/C24H28N4O4S/c1-16-13-18(3)27(26-16)15-17(2)25-24(29)21-14-20(9-10-23(21)32-4)33(30,31)28-12-11-19-7-5-6-8-22(19)28/h5-10,13-14,17H,11-12,15H2,1-4H3,(H,25,29)/t17-/m1/s1. The van der Waals surface area contributed by atoms with E-state index in [1.807, 2.05) is 49.7 Å². The van der Waals surface area contributed by atoms with E-state index < -0.39 is 15.9 Å². The van der Waals surface area contributed by atoms with Crippen molar-refractivity contribution in [1.29, 1.82) is 0 Å². The molecule has 2 aromatic carbocycles. The lowest BCUT2D eigenvalue weighted by Gasteiger charge is -2.21. The van der Waals surface area contributed by atoms with Crippen molar-refractivity contribution >= 4 is 21.6 Å². The summed E-state index contributed by atoms with van der Waals surface area (Å²) in [6.45, 7) is 6.62. The van der Waals surface area contributed by atoms with E-state index in [1.54, 1.807) is 6.07 Å². The quantitative estimate of drug-likeness (QED) is 0.575. The number of para-hydroxylation sites is 1. The normalized spacial score (nSPS) is 14.1. The first-order valence-electron chi connectivity index (χ1n) is 10.8. The fourth-order valence-electron chi connectivity index (χ4n) is 4.18. The van der Waals surface area contributed by atoms with Crippen molar-refractivity contribution in [3.63, 3.8) is 0 Å². The molecule has 174 valence electrons. The average Bonchev–Trinajstić information content (AvgIpc) is 3.36. The molecule has 1 amide bonds. The highest BCUT2D eigenvalue weighted by Gasteiger charge is 2.31. The molecule has 1 aromatic heterocycles. The number of hydrogen-bond donors (Lipinski definition) is 1. The van der Waals surface area contributed by atoms with Gasteiger partial charge in [0.2, 0.25) is 0 Å². The molecule has 1 aliphatic rings. The van der Waals surface area contributed by atoms with Gasteiger partial charge in [-0.05, 0) is 63.1 Å². The number of carbonyl (C=O) groups excluding carboxylic acids is 1. The Kier molecular flexibility index (Phi) is 6.16. The number of anilines is 1. The van der Waals surface area contributed by atoms with Crippen LogP contribution in [0.25, 0.3) is 0 Å². The molecule has 0 unspecified atom stereocenters. The Morgan fingerprint density at radius 2 is 1.94 bits per heavy atom. The van der Waals surface area contributed by atoms with E-state index in [1.165, 1.54) is 29.6 Å². The molecule has 0 fully saturated rings. The van der Waals surface area contributed by atoms with Gasteiger partial charge in [-0.25, -0.2) is 8.42 Å². The summed E-state index contributed by atoms with van der Waals surface area (Å²) >= 11 is 0. The highest BCUT2D eigenvalue weighted by atomic mass is 32.2. The van der Waals surface area contributed by atoms with Gasteiger partial charge in [0.1, 0.15) is 5.75 Å². The molecule has 9 heteroatoms. The van der Waals surface area contributed by atoms with Crippen LogP contribution in [0.3, 0.4) is 0 Å². The summed E-state index contributed by atoms with van der Waals surface area (Å²) in [5.41, 5.74) is 3.76. The fraction of sp³-hybridized carbons (Fsp3) is 0.333. The predicted octanol–water partition coefficient (Wildman–Crippen LogP) is 3.08. The second-order valence-electron chi connectivity index (χ2n) is 8.30. The van der Waals surface area contributed by atoms with E-state index in [0.29, 0.717) is 30.9 Å². The van der Waals surface area contributed by atoms with Crippen molar-refractivity contribution in [1.82, 2.24) is 15.1 Å². The topological polar surface area (TPSA) is 93.5 Å². The van der Waals surface area contributed by atoms with E-state index in [-0.39, 0.29) is 16.5 Å². The maximum atomic E-state index is 13.4. The number of nitrogens with zero attached hydrogens (tertiary/aromatic N) is 3. The van der Waals surface area contributed by atoms with Crippen LogP contribution in [0.1, 0.15) is 34.2 Å². The Morgan fingerprint density at radius 3 is 2.64 bits per heavy atom. The zero-order valence-electron chi connectivity index (χ0n) is 19.2. The van der Waals surface area contributed by atoms with Crippen molar-refractivity contribution in [2.24, 2.45) is 0 Å². The van der Waals surface area contributed by atoms with Crippen LogP contribution in [0.15, 0.2) is 53.4 Å².